The van der Waals surface area contributed by atoms with Crippen molar-refractivity contribution in [3.05, 3.63) is 47.9 Å². The van der Waals surface area contributed by atoms with Gasteiger partial charge in [-0.15, -0.1) is 0 Å². The summed E-state index contributed by atoms with van der Waals surface area (Å²) in [4.78, 5) is 0.227. The quantitative estimate of drug-likeness (QED) is 0.433. The molecular weight excluding hydrogens is 214 g/mol. The van der Waals surface area contributed by atoms with E-state index >= 15 is 0 Å². The van der Waals surface area contributed by atoms with Gasteiger partial charge in [-0.2, -0.15) is 8.42 Å². The number of hydrogen-bond acceptors (Lipinski definition) is 5. The van der Waals surface area contributed by atoms with Gasteiger partial charge in [-0.05, 0) is 23.8 Å². The SMILES string of the molecule is NN1C=CC=C2C=CC(=S(=O)=O)C=C2N1. The van der Waals surface area contributed by atoms with E-state index in [1.54, 1.807) is 24.4 Å². The molecule has 0 unspecified atom stereocenters. The zero-order valence-corrected chi connectivity index (χ0v) is 8.53. The molecule has 6 heteroatoms. The molecule has 1 aliphatic carbocycles. The van der Waals surface area contributed by atoms with E-state index in [-0.39, 0.29) is 4.86 Å². The summed E-state index contributed by atoms with van der Waals surface area (Å²) < 4.78 is 21.5. The van der Waals surface area contributed by atoms with Crippen LogP contribution in [-0.4, -0.2) is 18.4 Å². The molecule has 3 N–H and O–H groups in total. The molecule has 0 spiro atoms. The highest BCUT2D eigenvalue weighted by atomic mass is 32.2. The lowest BCUT2D eigenvalue weighted by atomic mass is 10.1. The summed E-state index contributed by atoms with van der Waals surface area (Å²) in [5.41, 5.74) is 4.38. The number of nitrogens with two attached hydrogens (primary N) is 1. The molecule has 0 saturated carbocycles. The van der Waals surface area contributed by atoms with Crippen LogP contribution in [0.2, 0.25) is 0 Å². The van der Waals surface area contributed by atoms with Crippen LogP contribution < -0.4 is 11.3 Å². The zero-order chi connectivity index (χ0) is 10.8. The van der Waals surface area contributed by atoms with Crippen LogP contribution in [0.3, 0.4) is 0 Å². The third-order valence-corrected chi connectivity index (χ3v) is 2.63. The minimum Gasteiger partial charge on any atom is -0.284 e. The van der Waals surface area contributed by atoms with E-state index in [0.717, 1.165) is 5.57 Å². The molecule has 0 radical (unpaired) electrons. The summed E-state index contributed by atoms with van der Waals surface area (Å²) in [5, 5.41) is 1.26. The van der Waals surface area contributed by atoms with Crippen LogP contribution in [-0.2, 0) is 10.3 Å². The monoisotopic (exact) mass is 223 g/mol. The maximum atomic E-state index is 10.8. The van der Waals surface area contributed by atoms with Gasteiger partial charge in [0.1, 0.15) is 0 Å². The number of fused-ring (bicyclic) bond motifs is 1. The predicted molar refractivity (Wildman–Crippen MR) is 57.5 cm³/mol. The molecule has 1 aliphatic heterocycles. The summed E-state index contributed by atoms with van der Waals surface area (Å²) in [7, 11) is -2.23. The van der Waals surface area contributed by atoms with Crippen LogP contribution >= 0.6 is 0 Å². The highest BCUT2D eigenvalue weighted by Crippen LogP contribution is 2.16. The fraction of sp³-hybridized carbons (Fsp3) is 0. The lowest BCUT2D eigenvalue weighted by molar-refractivity contribution is 0.320. The first-order valence-electron chi connectivity index (χ1n) is 4.22. The topological polar surface area (TPSA) is 75.4 Å². The van der Waals surface area contributed by atoms with Gasteiger partial charge in [0, 0.05) is 6.20 Å². The average Bonchev–Trinajstić information content (AvgIpc) is 2.37. The van der Waals surface area contributed by atoms with Crippen molar-refractivity contribution in [2.45, 2.75) is 0 Å². The number of allylic oxidation sites excluding steroid dienone is 5. The van der Waals surface area contributed by atoms with Crippen molar-refractivity contribution in [1.82, 2.24) is 10.5 Å². The predicted octanol–water partition coefficient (Wildman–Crippen LogP) is -0.374. The molecule has 0 bridgehead atoms. The van der Waals surface area contributed by atoms with Crippen LogP contribution in [0.25, 0.3) is 0 Å². The van der Waals surface area contributed by atoms with Gasteiger partial charge >= 0.3 is 0 Å². The van der Waals surface area contributed by atoms with Crippen LogP contribution in [0, 0.1) is 0 Å². The van der Waals surface area contributed by atoms with Crippen LogP contribution in [0.5, 0.6) is 0 Å². The molecule has 0 amide bonds. The number of nitrogens with one attached hydrogen (secondary N) is 1. The second kappa shape index (κ2) is 3.76. The first-order chi connectivity index (χ1) is 7.16. The highest BCUT2D eigenvalue weighted by Gasteiger charge is 2.11. The van der Waals surface area contributed by atoms with Gasteiger partial charge in [-0.1, -0.05) is 12.2 Å². The Morgan fingerprint density at radius 2 is 2.13 bits per heavy atom. The van der Waals surface area contributed by atoms with Crippen molar-refractivity contribution in [3.63, 3.8) is 0 Å². The summed E-state index contributed by atoms with van der Waals surface area (Å²) >= 11 is 0. The molecule has 0 atom stereocenters. The van der Waals surface area contributed by atoms with E-state index in [2.05, 4.69) is 5.43 Å². The Morgan fingerprint density at radius 3 is 2.87 bits per heavy atom. The van der Waals surface area contributed by atoms with Gasteiger partial charge in [0.15, 0.2) is 0 Å². The Labute approximate surface area is 88.3 Å². The van der Waals surface area contributed by atoms with Crippen LogP contribution in [0.1, 0.15) is 0 Å². The van der Waals surface area contributed by atoms with E-state index in [1.807, 2.05) is 6.08 Å². The second-order valence-corrected chi connectivity index (χ2v) is 3.95. The minimum atomic E-state index is -2.23. The maximum absolute atomic E-state index is 10.8. The van der Waals surface area contributed by atoms with Crippen molar-refractivity contribution in [2.75, 3.05) is 0 Å². The fourth-order valence-corrected chi connectivity index (χ4v) is 1.69. The molecule has 5 nitrogen and oxygen atoms in total. The Bertz CT molecular complexity index is 530. The first-order valence-corrected chi connectivity index (χ1v) is 5.30. The molecule has 0 saturated heterocycles. The lowest BCUT2D eigenvalue weighted by Gasteiger charge is -2.18. The molecule has 15 heavy (non-hydrogen) atoms. The normalized spacial score (nSPS) is 18.7. The van der Waals surface area contributed by atoms with Crippen LogP contribution in [0.15, 0.2) is 47.9 Å². The van der Waals surface area contributed by atoms with E-state index in [1.165, 1.54) is 11.2 Å². The Morgan fingerprint density at radius 1 is 1.33 bits per heavy atom. The van der Waals surface area contributed by atoms with Gasteiger partial charge in [0.2, 0.25) is 10.3 Å². The second-order valence-electron chi connectivity index (χ2n) is 3.01. The molecule has 0 aromatic heterocycles. The average molecular weight is 223 g/mol. The van der Waals surface area contributed by atoms with Crippen molar-refractivity contribution in [2.24, 2.45) is 5.84 Å². The van der Waals surface area contributed by atoms with E-state index in [4.69, 9.17) is 5.84 Å². The number of nitrogens with zero attached hydrogens (tertiary/aromatic N) is 1. The van der Waals surface area contributed by atoms with Crippen molar-refractivity contribution in [1.29, 1.82) is 0 Å². The summed E-state index contributed by atoms with van der Waals surface area (Å²) in [5.74, 6) is 5.54. The fourth-order valence-electron chi connectivity index (χ4n) is 1.30. The minimum absolute atomic E-state index is 0.227. The standard InChI is InChI=1S/C9H9N3O2S/c10-12-5-1-2-7-3-4-8(15(13)14)6-9(7)11-12/h1-6,11H,10H2. The third kappa shape index (κ3) is 2.00. The van der Waals surface area contributed by atoms with Crippen molar-refractivity contribution < 1.29 is 8.42 Å². The molecule has 78 valence electrons. The van der Waals surface area contributed by atoms with E-state index in [9.17, 15) is 8.42 Å². The molecule has 1 heterocycles. The molecular formula is C9H9N3O2S. The first kappa shape index (κ1) is 9.75. The number of hydrogen-bond donors (Lipinski definition) is 2. The van der Waals surface area contributed by atoms with E-state index in [0.29, 0.717) is 5.70 Å². The van der Waals surface area contributed by atoms with E-state index < -0.39 is 10.3 Å². The zero-order valence-electron chi connectivity index (χ0n) is 7.71. The lowest BCUT2D eigenvalue weighted by Crippen LogP contribution is -2.38. The molecule has 2 aliphatic rings. The largest absolute Gasteiger partial charge is 0.284 e. The third-order valence-electron chi connectivity index (χ3n) is 1.99. The highest BCUT2D eigenvalue weighted by molar-refractivity contribution is 7.73. The smallest absolute Gasteiger partial charge is 0.221 e. The molecule has 0 aromatic carbocycles. The molecule has 2 rings (SSSR count). The summed E-state index contributed by atoms with van der Waals surface area (Å²) in [6.45, 7) is 0. The Balaban J connectivity index is 2.47. The summed E-state index contributed by atoms with van der Waals surface area (Å²) in [6.07, 6.45) is 10.0. The summed E-state index contributed by atoms with van der Waals surface area (Å²) in [6, 6.07) is 0. The van der Waals surface area contributed by atoms with Gasteiger partial charge in [0.05, 0.1) is 10.6 Å². The van der Waals surface area contributed by atoms with Crippen molar-refractivity contribution >= 4 is 15.2 Å². The number of hydrazine groups is 2. The molecule has 0 fully saturated rings. The van der Waals surface area contributed by atoms with Gasteiger partial charge in [-0.3, -0.25) is 5.43 Å². The number of rotatable bonds is 0. The van der Waals surface area contributed by atoms with Gasteiger partial charge in [-0.25, -0.2) is 11.0 Å². The Hall–Kier alpha value is -1.79. The Kier molecular flexibility index (Phi) is 2.44. The maximum Gasteiger partial charge on any atom is 0.221 e. The van der Waals surface area contributed by atoms with Gasteiger partial charge in [0.25, 0.3) is 0 Å². The van der Waals surface area contributed by atoms with Crippen LogP contribution in [0.4, 0.5) is 0 Å². The van der Waals surface area contributed by atoms with Gasteiger partial charge < -0.3 is 0 Å². The molecule has 0 aromatic rings. The van der Waals surface area contributed by atoms with Crippen molar-refractivity contribution in [3.8, 4) is 0 Å².